The van der Waals surface area contributed by atoms with Crippen molar-refractivity contribution in [2.24, 2.45) is 5.92 Å². The van der Waals surface area contributed by atoms with E-state index in [0.29, 0.717) is 19.0 Å². The molecule has 1 atom stereocenters. The van der Waals surface area contributed by atoms with Gasteiger partial charge in [-0.15, -0.1) is 0 Å². The number of nitrogens with one attached hydrogen (secondary N) is 1. The van der Waals surface area contributed by atoms with E-state index in [9.17, 15) is 13.2 Å². The summed E-state index contributed by atoms with van der Waals surface area (Å²) in [6, 6.07) is 0.203. The molecule has 1 N–H and O–H groups in total. The molecule has 0 spiro atoms. The van der Waals surface area contributed by atoms with E-state index in [1.807, 2.05) is 13.8 Å². The summed E-state index contributed by atoms with van der Waals surface area (Å²) in [5.74, 6) is 0.538. The van der Waals surface area contributed by atoms with Crippen molar-refractivity contribution in [3.05, 3.63) is 0 Å². The fourth-order valence-corrected chi connectivity index (χ4v) is 3.26. The van der Waals surface area contributed by atoms with E-state index in [1.165, 1.54) is 19.3 Å². The molecule has 0 aromatic heterocycles. The lowest BCUT2D eigenvalue weighted by Gasteiger charge is -2.35. The Morgan fingerprint density at radius 3 is 2.30 bits per heavy atom. The zero-order valence-electron chi connectivity index (χ0n) is 12.8. The normalized spacial score (nSPS) is 19.5. The standard InChI is InChI=1S/C15H29F3N2/c1-3-10-20(12-15(16,17)18)11-14(19-4-2)13-8-6-5-7-9-13/h13-14,19H,3-12H2,1-2H3. The smallest absolute Gasteiger partial charge is 0.313 e. The summed E-state index contributed by atoms with van der Waals surface area (Å²) in [7, 11) is 0. The number of likely N-dealkylation sites (N-methyl/N-ethyl adjacent to an activating group) is 1. The van der Waals surface area contributed by atoms with E-state index in [1.54, 1.807) is 4.90 Å². The molecule has 20 heavy (non-hydrogen) atoms. The lowest BCUT2D eigenvalue weighted by Crippen LogP contribution is -2.48. The molecule has 1 fully saturated rings. The highest BCUT2D eigenvalue weighted by Gasteiger charge is 2.32. The molecule has 1 rings (SSSR count). The lowest BCUT2D eigenvalue weighted by molar-refractivity contribution is -0.147. The summed E-state index contributed by atoms with van der Waals surface area (Å²) in [5.41, 5.74) is 0. The Labute approximate surface area is 121 Å². The lowest BCUT2D eigenvalue weighted by atomic mass is 9.83. The predicted octanol–water partition coefficient (Wildman–Crippen LogP) is 3.82. The maximum absolute atomic E-state index is 12.6. The van der Waals surface area contributed by atoms with Gasteiger partial charge in [-0.25, -0.2) is 0 Å². The van der Waals surface area contributed by atoms with Gasteiger partial charge in [-0.05, 0) is 38.3 Å². The Balaban J connectivity index is 2.58. The van der Waals surface area contributed by atoms with E-state index in [-0.39, 0.29) is 6.04 Å². The van der Waals surface area contributed by atoms with Gasteiger partial charge in [0.2, 0.25) is 0 Å². The molecule has 0 heterocycles. The van der Waals surface area contributed by atoms with Crippen LogP contribution >= 0.6 is 0 Å². The van der Waals surface area contributed by atoms with Gasteiger partial charge in [-0.2, -0.15) is 13.2 Å². The molecular weight excluding hydrogens is 265 g/mol. The van der Waals surface area contributed by atoms with Gasteiger partial charge >= 0.3 is 6.18 Å². The number of rotatable bonds is 8. The van der Waals surface area contributed by atoms with Gasteiger partial charge in [0.1, 0.15) is 0 Å². The summed E-state index contributed by atoms with van der Waals surface area (Å²) in [6.45, 7) is 5.05. The molecule has 1 unspecified atom stereocenters. The SMILES string of the molecule is CCCN(CC(NCC)C1CCCCC1)CC(F)(F)F. The molecule has 120 valence electrons. The van der Waals surface area contributed by atoms with Crippen molar-refractivity contribution in [3.63, 3.8) is 0 Å². The molecule has 0 aliphatic heterocycles. The summed E-state index contributed by atoms with van der Waals surface area (Å²) >= 11 is 0. The van der Waals surface area contributed by atoms with Crippen LogP contribution in [0.4, 0.5) is 13.2 Å². The summed E-state index contributed by atoms with van der Waals surface area (Å²) in [5, 5.41) is 3.42. The van der Waals surface area contributed by atoms with Crippen molar-refractivity contribution < 1.29 is 13.2 Å². The number of halogens is 3. The molecule has 0 saturated heterocycles. The van der Waals surface area contributed by atoms with Gasteiger partial charge < -0.3 is 5.32 Å². The molecule has 0 bridgehead atoms. The molecule has 2 nitrogen and oxygen atoms in total. The van der Waals surface area contributed by atoms with Crippen LogP contribution in [0.25, 0.3) is 0 Å². The monoisotopic (exact) mass is 294 g/mol. The molecule has 0 aromatic carbocycles. The number of alkyl halides is 3. The Morgan fingerprint density at radius 1 is 1.15 bits per heavy atom. The van der Waals surface area contributed by atoms with Gasteiger partial charge in [0, 0.05) is 12.6 Å². The van der Waals surface area contributed by atoms with Crippen LogP contribution in [0.1, 0.15) is 52.4 Å². The average Bonchev–Trinajstić information content (AvgIpc) is 2.37. The predicted molar refractivity (Wildman–Crippen MR) is 76.8 cm³/mol. The summed E-state index contributed by atoms with van der Waals surface area (Å²) in [6.07, 6.45) is 2.70. The van der Waals surface area contributed by atoms with Crippen molar-refractivity contribution >= 4 is 0 Å². The van der Waals surface area contributed by atoms with E-state index < -0.39 is 12.7 Å². The number of hydrogen-bond donors (Lipinski definition) is 1. The molecule has 0 aromatic rings. The molecule has 0 radical (unpaired) electrons. The zero-order valence-corrected chi connectivity index (χ0v) is 12.8. The fraction of sp³-hybridized carbons (Fsp3) is 1.00. The van der Waals surface area contributed by atoms with E-state index >= 15 is 0 Å². The Morgan fingerprint density at radius 2 is 1.80 bits per heavy atom. The molecule has 1 aliphatic rings. The van der Waals surface area contributed by atoms with Crippen molar-refractivity contribution in [2.75, 3.05) is 26.2 Å². The second kappa shape index (κ2) is 8.88. The van der Waals surface area contributed by atoms with Crippen LogP contribution in [0.5, 0.6) is 0 Å². The highest BCUT2D eigenvalue weighted by Crippen LogP contribution is 2.27. The van der Waals surface area contributed by atoms with Crippen LogP contribution in [-0.4, -0.2) is 43.3 Å². The minimum absolute atomic E-state index is 0.203. The fourth-order valence-electron chi connectivity index (χ4n) is 3.26. The van der Waals surface area contributed by atoms with E-state index in [4.69, 9.17) is 0 Å². The largest absolute Gasteiger partial charge is 0.401 e. The van der Waals surface area contributed by atoms with Crippen LogP contribution in [0.15, 0.2) is 0 Å². The Hall–Kier alpha value is -0.290. The Kier molecular flexibility index (Phi) is 7.88. The first kappa shape index (κ1) is 17.8. The van der Waals surface area contributed by atoms with E-state index in [2.05, 4.69) is 5.32 Å². The first-order valence-corrected chi connectivity index (χ1v) is 7.98. The minimum atomic E-state index is -4.10. The maximum Gasteiger partial charge on any atom is 0.401 e. The molecular formula is C15H29F3N2. The van der Waals surface area contributed by atoms with Crippen LogP contribution in [0.3, 0.4) is 0 Å². The van der Waals surface area contributed by atoms with Crippen LogP contribution < -0.4 is 5.32 Å². The highest BCUT2D eigenvalue weighted by atomic mass is 19.4. The first-order chi connectivity index (χ1) is 9.46. The molecule has 1 aliphatic carbocycles. The topological polar surface area (TPSA) is 15.3 Å². The summed E-state index contributed by atoms with van der Waals surface area (Å²) < 4.78 is 37.9. The van der Waals surface area contributed by atoms with Crippen molar-refractivity contribution in [1.29, 1.82) is 0 Å². The minimum Gasteiger partial charge on any atom is -0.313 e. The molecule has 5 heteroatoms. The Bertz CT molecular complexity index is 250. The van der Waals surface area contributed by atoms with Gasteiger partial charge in [-0.3, -0.25) is 4.90 Å². The van der Waals surface area contributed by atoms with E-state index in [0.717, 1.165) is 25.8 Å². The van der Waals surface area contributed by atoms with Crippen LogP contribution in [0, 0.1) is 5.92 Å². The number of hydrogen-bond acceptors (Lipinski definition) is 2. The van der Waals surface area contributed by atoms with Crippen molar-refractivity contribution in [3.8, 4) is 0 Å². The van der Waals surface area contributed by atoms with Gasteiger partial charge in [0.25, 0.3) is 0 Å². The van der Waals surface area contributed by atoms with Crippen molar-refractivity contribution in [1.82, 2.24) is 10.2 Å². The van der Waals surface area contributed by atoms with Crippen LogP contribution in [0.2, 0.25) is 0 Å². The number of nitrogens with zero attached hydrogens (tertiary/aromatic N) is 1. The third kappa shape index (κ3) is 6.93. The second-order valence-corrected chi connectivity index (χ2v) is 5.91. The van der Waals surface area contributed by atoms with Crippen molar-refractivity contribution in [2.45, 2.75) is 64.6 Å². The van der Waals surface area contributed by atoms with Gasteiger partial charge in [0.15, 0.2) is 0 Å². The third-order valence-corrected chi connectivity index (χ3v) is 4.08. The summed E-state index contributed by atoms with van der Waals surface area (Å²) in [4.78, 5) is 1.57. The molecule has 1 saturated carbocycles. The second-order valence-electron chi connectivity index (χ2n) is 5.91. The molecule has 0 amide bonds. The highest BCUT2D eigenvalue weighted by molar-refractivity contribution is 4.82. The van der Waals surface area contributed by atoms with Gasteiger partial charge in [-0.1, -0.05) is 33.1 Å². The maximum atomic E-state index is 12.6. The third-order valence-electron chi connectivity index (χ3n) is 4.08. The zero-order chi connectivity index (χ0) is 15.0. The quantitative estimate of drug-likeness (QED) is 0.732. The first-order valence-electron chi connectivity index (χ1n) is 7.98. The van der Waals surface area contributed by atoms with Crippen LogP contribution in [-0.2, 0) is 0 Å². The van der Waals surface area contributed by atoms with Gasteiger partial charge in [0.05, 0.1) is 6.54 Å². The average molecular weight is 294 g/mol.